The standard InChI is InChI=1S/C17H18N4O4/c1-5-25-13(22)8-21-16(23)14-15(19-17(21)24)20(4)12-7-10(3)9(2)6-11(12)18-14/h6-7H,5,8H2,1-4H3. The third-order valence-electron chi connectivity index (χ3n) is 4.19. The fourth-order valence-corrected chi connectivity index (χ4v) is 2.70. The van der Waals surface area contributed by atoms with Gasteiger partial charge in [-0.2, -0.15) is 4.98 Å². The molecular formula is C17H18N4O4. The molecule has 1 aromatic carbocycles. The predicted octanol–water partition coefficient (Wildman–Crippen LogP) is 0.775. The lowest BCUT2D eigenvalue weighted by Crippen LogP contribution is -2.40. The predicted molar refractivity (Wildman–Crippen MR) is 91.8 cm³/mol. The molecule has 0 radical (unpaired) electrons. The zero-order chi connectivity index (χ0) is 18.3. The third kappa shape index (κ3) is 2.79. The molecule has 2 aliphatic heterocycles. The highest BCUT2D eigenvalue weighted by atomic mass is 16.5. The molecule has 8 nitrogen and oxygen atoms in total. The lowest BCUT2D eigenvalue weighted by Gasteiger charge is -2.15. The largest absolute Gasteiger partial charge is 0.465 e. The summed E-state index contributed by atoms with van der Waals surface area (Å²) in [5.74, 6) is -0.481. The number of nitrogens with zero attached hydrogens (tertiary/aromatic N) is 4. The van der Waals surface area contributed by atoms with Crippen LogP contribution in [0.15, 0.2) is 21.7 Å². The molecule has 0 aromatic heterocycles. The van der Waals surface area contributed by atoms with Crippen molar-refractivity contribution in [3.8, 4) is 11.5 Å². The first kappa shape index (κ1) is 16.8. The van der Waals surface area contributed by atoms with Crippen LogP contribution in [0.5, 0.6) is 0 Å². The van der Waals surface area contributed by atoms with Gasteiger partial charge in [0.2, 0.25) is 0 Å². The maximum absolute atomic E-state index is 12.7. The Bertz CT molecular complexity index is 1080. The molecule has 0 aliphatic carbocycles. The SMILES string of the molecule is CCOC(=O)Cn1c(=O)nc2n(C)c3cc(C)c(C)cc3nc-2c1=O. The maximum atomic E-state index is 12.7. The molecule has 0 bridgehead atoms. The van der Waals surface area contributed by atoms with Crippen molar-refractivity contribution >= 4 is 17.0 Å². The highest BCUT2D eigenvalue weighted by molar-refractivity contribution is 5.81. The summed E-state index contributed by atoms with van der Waals surface area (Å²) in [5, 5.41) is 0. The summed E-state index contributed by atoms with van der Waals surface area (Å²) >= 11 is 0. The van der Waals surface area contributed by atoms with Crippen molar-refractivity contribution in [2.24, 2.45) is 7.05 Å². The average Bonchev–Trinajstić information content (AvgIpc) is 2.55. The van der Waals surface area contributed by atoms with E-state index in [4.69, 9.17) is 4.74 Å². The second kappa shape index (κ2) is 6.12. The number of rotatable bonds is 3. The fraction of sp³-hybridized carbons (Fsp3) is 0.353. The molecule has 0 spiro atoms. The molecule has 0 amide bonds. The van der Waals surface area contributed by atoms with Crippen LogP contribution in [0.4, 0.5) is 0 Å². The van der Waals surface area contributed by atoms with E-state index in [1.54, 1.807) is 18.5 Å². The van der Waals surface area contributed by atoms with Gasteiger partial charge in [0.1, 0.15) is 6.54 Å². The third-order valence-corrected chi connectivity index (χ3v) is 4.19. The number of aromatic nitrogens is 4. The first-order chi connectivity index (χ1) is 11.8. The van der Waals surface area contributed by atoms with E-state index in [-0.39, 0.29) is 18.1 Å². The first-order valence-corrected chi connectivity index (χ1v) is 7.87. The summed E-state index contributed by atoms with van der Waals surface area (Å²) in [6.07, 6.45) is 0. The van der Waals surface area contributed by atoms with Gasteiger partial charge in [-0.15, -0.1) is 0 Å². The van der Waals surface area contributed by atoms with Gasteiger partial charge in [0.05, 0.1) is 17.6 Å². The van der Waals surface area contributed by atoms with E-state index < -0.39 is 23.8 Å². The maximum Gasteiger partial charge on any atom is 0.353 e. The summed E-state index contributed by atoms with van der Waals surface area (Å²) in [4.78, 5) is 44.9. The molecular weight excluding hydrogens is 324 g/mol. The first-order valence-electron chi connectivity index (χ1n) is 7.87. The van der Waals surface area contributed by atoms with Crippen molar-refractivity contribution in [1.82, 2.24) is 19.1 Å². The minimum absolute atomic E-state index is 0.0437. The van der Waals surface area contributed by atoms with Crippen molar-refractivity contribution in [2.75, 3.05) is 6.61 Å². The Morgan fingerprint density at radius 2 is 1.84 bits per heavy atom. The Kier molecular flexibility index (Phi) is 4.12. The monoisotopic (exact) mass is 342 g/mol. The Balaban J connectivity index is 2.32. The average molecular weight is 342 g/mol. The Labute approximate surface area is 143 Å². The molecule has 0 atom stereocenters. The summed E-state index contributed by atoms with van der Waals surface area (Å²) < 4.78 is 7.22. The number of benzene rings is 1. The summed E-state index contributed by atoms with van der Waals surface area (Å²) in [5.41, 5.74) is 2.09. The van der Waals surface area contributed by atoms with Gasteiger partial charge >= 0.3 is 11.7 Å². The van der Waals surface area contributed by atoms with Crippen LogP contribution in [-0.4, -0.2) is 31.7 Å². The van der Waals surface area contributed by atoms with Gasteiger partial charge in [0, 0.05) is 7.05 Å². The topological polar surface area (TPSA) is 96.1 Å². The number of esters is 1. The number of ether oxygens (including phenoxy) is 1. The summed E-state index contributed by atoms with van der Waals surface area (Å²) in [6.45, 7) is 5.26. The quantitative estimate of drug-likeness (QED) is 0.515. The molecule has 25 heavy (non-hydrogen) atoms. The number of hydrogen-bond donors (Lipinski definition) is 0. The zero-order valence-electron chi connectivity index (χ0n) is 14.5. The van der Waals surface area contributed by atoms with Gasteiger partial charge in [0.15, 0.2) is 11.5 Å². The number of carbonyl (C=O) groups is 1. The number of fused-ring (bicyclic) bond motifs is 2. The fourth-order valence-electron chi connectivity index (χ4n) is 2.70. The van der Waals surface area contributed by atoms with Crippen molar-refractivity contribution in [3.05, 3.63) is 44.1 Å². The van der Waals surface area contributed by atoms with E-state index in [0.717, 1.165) is 21.2 Å². The van der Waals surface area contributed by atoms with E-state index in [1.807, 2.05) is 26.0 Å². The number of aryl methyl sites for hydroxylation is 3. The van der Waals surface area contributed by atoms with Crippen LogP contribution in [0, 0.1) is 13.8 Å². The second-order valence-electron chi connectivity index (χ2n) is 5.86. The molecule has 0 N–H and O–H groups in total. The van der Waals surface area contributed by atoms with Crippen LogP contribution >= 0.6 is 0 Å². The summed E-state index contributed by atoms with van der Waals surface area (Å²) in [7, 11) is 1.72. The molecule has 1 aromatic rings. The van der Waals surface area contributed by atoms with Crippen LogP contribution in [0.2, 0.25) is 0 Å². The van der Waals surface area contributed by atoms with Gasteiger partial charge in [-0.1, -0.05) is 0 Å². The van der Waals surface area contributed by atoms with Gasteiger partial charge < -0.3 is 9.30 Å². The van der Waals surface area contributed by atoms with Crippen molar-refractivity contribution in [3.63, 3.8) is 0 Å². The van der Waals surface area contributed by atoms with Crippen LogP contribution in [-0.2, 0) is 23.1 Å². The Morgan fingerprint density at radius 3 is 2.52 bits per heavy atom. The molecule has 2 aliphatic rings. The number of hydrogen-bond acceptors (Lipinski definition) is 6. The molecule has 0 saturated heterocycles. The van der Waals surface area contributed by atoms with E-state index in [0.29, 0.717) is 5.52 Å². The normalized spacial score (nSPS) is 11.2. The highest BCUT2D eigenvalue weighted by Gasteiger charge is 2.21. The molecule has 0 saturated carbocycles. The van der Waals surface area contributed by atoms with Crippen LogP contribution < -0.4 is 11.2 Å². The zero-order valence-corrected chi connectivity index (χ0v) is 14.5. The second-order valence-corrected chi connectivity index (χ2v) is 5.86. The molecule has 130 valence electrons. The molecule has 3 rings (SSSR count). The number of carbonyl (C=O) groups excluding carboxylic acids is 1. The lowest BCUT2D eigenvalue weighted by atomic mass is 10.1. The molecule has 0 unspecified atom stereocenters. The van der Waals surface area contributed by atoms with Gasteiger partial charge in [-0.3, -0.25) is 9.59 Å². The van der Waals surface area contributed by atoms with Crippen LogP contribution in [0.3, 0.4) is 0 Å². The Hall–Kier alpha value is -3.03. The smallest absolute Gasteiger partial charge is 0.353 e. The van der Waals surface area contributed by atoms with E-state index in [9.17, 15) is 14.4 Å². The lowest BCUT2D eigenvalue weighted by molar-refractivity contribution is -0.143. The van der Waals surface area contributed by atoms with E-state index in [1.165, 1.54) is 0 Å². The Morgan fingerprint density at radius 1 is 1.16 bits per heavy atom. The minimum atomic E-state index is -0.800. The van der Waals surface area contributed by atoms with Crippen molar-refractivity contribution in [1.29, 1.82) is 0 Å². The van der Waals surface area contributed by atoms with Crippen molar-refractivity contribution < 1.29 is 9.53 Å². The highest BCUT2D eigenvalue weighted by Crippen LogP contribution is 2.22. The molecule has 8 heteroatoms. The summed E-state index contributed by atoms with van der Waals surface area (Å²) in [6, 6.07) is 3.82. The van der Waals surface area contributed by atoms with E-state index in [2.05, 4.69) is 9.97 Å². The van der Waals surface area contributed by atoms with E-state index >= 15 is 0 Å². The molecule has 0 fully saturated rings. The molecule has 2 heterocycles. The minimum Gasteiger partial charge on any atom is -0.465 e. The van der Waals surface area contributed by atoms with Gasteiger partial charge in [0.25, 0.3) is 5.56 Å². The van der Waals surface area contributed by atoms with Crippen molar-refractivity contribution in [2.45, 2.75) is 27.3 Å². The van der Waals surface area contributed by atoms with Gasteiger partial charge in [-0.25, -0.2) is 14.3 Å². The van der Waals surface area contributed by atoms with Crippen LogP contribution in [0.1, 0.15) is 18.1 Å². The van der Waals surface area contributed by atoms with Gasteiger partial charge in [-0.05, 0) is 44.0 Å². The van der Waals surface area contributed by atoms with Crippen LogP contribution in [0.25, 0.3) is 22.6 Å².